The van der Waals surface area contributed by atoms with Crippen molar-refractivity contribution < 1.29 is 19.0 Å². The Morgan fingerprint density at radius 1 is 1.17 bits per heavy atom. The van der Waals surface area contributed by atoms with Gasteiger partial charge in [0.25, 0.3) is 0 Å². The van der Waals surface area contributed by atoms with Crippen molar-refractivity contribution in [1.29, 1.82) is 0 Å². The SMILES string of the molecule is COc1cc(C=NNC(=O)Cc2nnc(N)s2)cc(Cl)c1OCCOc1ccc(C(C)(C)C)cc1. The molecule has 0 bridgehead atoms. The van der Waals surface area contributed by atoms with Crippen molar-refractivity contribution in [3.05, 3.63) is 57.6 Å². The van der Waals surface area contributed by atoms with Gasteiger partial charge in [0.05, 0.1) is 24.8 Å². The summed E-state index contributed by atoms with van der Waals surface area (Å²) in [5.74, 6) is 1.26. The number of halogens is 1. The Bertz CT molecular complexity index is 1180. The first kappa shape index (κ1) is 26.2. The molecule has 0 aliphatic carbocycles. The number of nitrogens with two attached hydrogens (primary N) is 1. The lowest BCUT2D eigenvalue weighted by molar-refractivity contribution is -0.120. The van der Waals surface area contributed by atoms with E-state index < -0.39 is 0 Å². The second-order valence-corrected chi connectivity index (χ2v) is 10.0. The van der Waals surface area contributed by atoms with Crippen molar-refractivity contribution in [2.75, 3.05) is 26.1 Å². The summed E-state index contributed by atoms with van der Waals surface area (Å²) in [5.41, 5.74) is 9.88. The van der Waals surface area contributed by atoms with Crippen molar-refractivity contribution in [3.63, 3.8) is 0 Å². The lowest BCUT2D eigenvalue weighted by Crippen LogP contribution is -2.19. The third-order valence-corrected chi connectivity index (χ3v) is 5.80. The Morgan fingerprint density at radius 3 is 2.51 bits per heavy atom. The Hall–Kier alpha value is -3.37. The zero-order valence-electron chi connectivity index (χ0n) is 20.0. The van der Waals surface area contributed by atoms with Gasteiger partial charge in [-0.1, -0.05) is 55.8 Å². The highest BCUT2D eigenvalue weighted by molar-refractivity contribution is 7.15. The molecule has 186 valence electrons. The van der Waals surface area contributed by atoms with Crippen LogP contribution in [0.15, 0.2) is 41.5 Å². The number of hydrogen-bond donors (Lipinski definition) is 2. The highest BCUT2D eigenvalue weighted by Crippen LogP contribution is 2.36. The average molecular weight is 518 g/mol. The van der Waals surface area contributed by atoms with Crippen LogP contribution in [-0.2, 0) is 16.6 Å². The number of amides is 1. The molecule has 1 amide bonds. The summed E-state index contributed by atoms with van der Waals surface area (Å²) in [6, 6.07) is 11.4. The highest BCUT2D eigenvalue weighted by Gasteiger charge is 2.14. The normalized spacial score (nSPS) is 11.5. The van der Waals surface area contributed by atoms with Crippen LogP contribution in [0, 0.1) is 0 Å². The van der Waals surface area contributed by atoms with E-state index in [1.165, 1.54) is 18.9 Å². The van der Waals surface area contributed by atoms with E-state index in [0.717, 1.165) is 17.1 Å². The molecule has 3 rings (SSSR count). The summed E-state index contributed by atoms with van der Waals surface area (Å²) < 4.78 is 17.0. The number of carbonyl (C=O) groups is 1. The van der Waals surface area contributed by atoms with E-state index in [4.69, 9.17) is 31.5 Å². The summed E-state index contributed by atoms with van der Waals surface area (Å²) in [5, 5.41) is 12.6. The van der Waals surface area contributed by atoms with Crippen molar-refractivity contribution >= 4 is 40.2 Å². The van der Waals surface area contributed by atoms with Gasteiger partial charge in [-0.05, 0) is 40.8 Å². The van der Waals surface area contributed by atoms with Crippen LogP contribution >= 0.6 is 22.9 Å². The molecule has 1 aromatic heterocycles. The Kier molecular flexibility index (Phi) is 8.89. The fourth-order valence-electron chi connectivity index (χ4n) is 3.00. The fourth-order valence-corrected chi connectivity index (χ4v) is 3.88. The number of ether oxygens (including phenoxy) is 3. The molecule has 3 aromatic rings. The van der Waals surface area contributed by atoms with Gasteiger partial charge >= 0.3 is 0 Å². The maximum Gasteiger partial charge on any atom is 0.247 e. The number of nitrogens with one attached hydrogen (secondary N) is 1. The Morgan fingerprint density at radius 2 is 1.89 bits per heavy atom. The second kappa shape index (κ2) is 11.9. The lowest BCUT2D eigenvalue weighted by Gasteiger charge is -2.19. The largest absolute Gasteiger partial charge is 0.493 e. The number of nitrogen functional groups attached to an aromatic ring is 1. The number of benzene rings is 2. The smallest absolute Gasteiger partial charge is 0.247 e. The van der Waals surface area contributed by atoms with Gasteiger partial charge in [-0.15, -0.1) is 10.2 Å². The van der Waals surface area contributed by atoms with E-state index in [2.05, 4.69) is 53.6 Å². The molecular weight excluding hydrogens is 490 g/mol. The number of carbonyl (C=O) groups excluding carboxylic acids is 1. The number of hydrazone groups is 1. The first-order valence-corrected chi connectivity index (χ1v) is 12.0. The molecule has 35 heavy (non-hydrogen) atoms. The number of anilines is 1. The van der Waals surface area contributed by atoms with Gasteiger partial charge in [0, 0.05) is 0 Å². The molecule has 3 N–H and O–H groups in total. The summed E-state index contributed by atoms with van der Waals surface area (Å²) in [4.78, 5) is 12.0. The minimum atomic E-state index is -0.344. The number of nitrogens with zero attached hydrogens (tertiary/aromatic N) is 3. The zero-order valence-corrected chi connectivity index (χ0v) is 21.6. The monoisotopic (exact) mass is 517 g/mol. The van der Waals surface area contributed by atoms with E-state index >= 15 is 0 Å². The molecule has 0 saturated carbocycles. The van der Waals surface area contributed by atoms with Crippen LogP contribution in [0.3, 0.4) is 0 Å². The van der Waals surface area contributed by atoms with E-state index in [1.54, 1.807) is 12.1 Å². The summed E-state index contributed by atoms with van der Waals surface area (Å²) in [6.45, 7) is 7.11. The molecule has 0 fully saturated rings. The van der Waals surface area contributed by atoms with Gasteiger partial charge in [0.15, 0.2) is 11.5 Å². The summed E-state index contributed by atoms with van der Waals surface area (Å²) >= 11 is 7.55. The molecule has 0 spiro atoms. The van der Waals surface area contributed by atoms with Crippen LogP contribution in [0.4, 0.5) is 5.13 Å². The third kappa shape index (κ3) is 7.83. The lowest BCUT2D eigenvalue weighted by atomic mass is 9.87. The molecule has 1 heterocycles. The zero-order chi connectivity index (χ0) is 25.4. The minimum Gasteiger partial charge on any atom is -0.493 e. The molecule has 0 aliphatic rings. The van der Waals surface area contributed by atoms with Crippen molar-refractivity contribution in [2.45, 2.75) is 32.6 Å². The fraction of sp³-hybridized carbons (Fsp3) is 0.333. The predicted octanol–water partition coefficient (Wildman–Crippen LogP) is 4.23. The van der Waals surface area contributed by atoms with Crippen LogP contribution in [0.1, 0.15) is 36.9 Å². The number of aromatic nitrogens is 2. The second-order valence-electron chi connectivity index (χ2n) is 8.51. The van der Waals surface area contributed by atoms with Gasteiger partial charge in [0.1, 0.15) is 24.0 Å². The van der Waals surface area contributed by atoms with Crippen LogP contribution in [0.2, 0.25) is 5.02 Å². The minimum absolute atomic E-state index is 0.0336. The van der Waals surface area contributed by atoms with Gasteiger partial charge in [-0.25, -0.2) is 5.43 Å². The van der Waals surface area contributed by atoms with Crippen LogP contribution in [-0.4, -0.2) is 42.6 Å². The van der Waals surface area contributed by atoms with E-state index in [1.807, 2.05) is 12.1 Å². The van der Waals surface area contributed by atoms with Gasteiger partial charge in [-0.3, -0.25) is 4.79 Å². The number of rotatable bonds is 10. The van der Waals surface area contributed by atoms with Crippen LogP contribution in [0.25, 0.3) is 0 Å². The molecule has 0 unspecified atom stereocenters. The summed E-state index contributed by atoms with van der Waals surface area (Å²) in [6.07, 6.45) is 1.49. The van der Waals surface area contributed by atoms with Crippen molar-refractivity contribution in [2.24, 2.45) is 5.10 Å². The Labute approximate surface area is 213 Å². The van der Waals surface area contributed by atoms with Gasteiger partial charge in [-0.2, -0.15) is 5.10 Å². The maximum absolute atomic E-state index is 12.0. The van der Waals surface area contributed by atoms with Gasteiger partial charge < -0.3 is 19.9 Å². The molecule has 0 saturated heterocycles. The highest BCUT2D eigenvalue weighted by atomic mass is 35.5. The molecule has 11 heteroatoms. The molecule has 0 atom stereocenters. The molecule has 0 aliphatic heterocycles. The predicted molar refractivity (Wildman–Crippen MR) is 138 cm³/mol. The molecule has 9 nitrogen and oxygen atoms in total. The topological polar surface area (TPSA) is 121 Å². The third-order valence-electron chi connectivity index (χ3n) is 4.77. The average Bonchev–Trinajstić information content (AvgIpc) is 3.21. The van der Waals surface area contributed by atoms with Gasteiger partial charge in [0.2, 0.25) is 11.0 Å². The van der Waals surface area contributed by atoms with Crippen LogP contribution < -0.4 is 25.4 Å². The van der Waals surface area contributed by atoms with Crippen LogP contribution in [0.5, 0.6) is 17.2 Å². The first-order valence-electron chi connectivity index (χ1n) is 10.8. The molecular formula is C24H28ClN5O4S. The first-order chi connectivity index (χ1) is 16.7. The Balaban J connectivity index is 1.52. The van der Waals surface area contributed by atoms with Crippen molar-refractivity contribution in [1.82, 2.24) is 15.6 Å². The maximum atomic E-state index is 12.0. The summed E-state index contributed by atoms with van der Waals surface area (Å²) in [7, 11) is 1.52. The quantitative estimate of drug-likeness (QED) is 0.234. The molecule has 0 radical (unpaired) electrons. The standard InChI is InChI=1S/C24H28ClN5O4S/c1-24(2,3)16-5-7-17(8-6-16)33-9-10-34-22-18(25)11-15(12-19(22)32-4)14-27-28-20(31)13-21-29-30-23(26)35-21/h5-8,11-12,14H,9-10,13H2,1-4H3,(H2,26,30)(H,28,31). The van der Waals surface area contributed by atoms with E-state index in [9.17, 15) is 4.79 Å². The number of hydrogen-bond acceptors (Lipinski definition) is 9. The number of methoxy groups -OCH3 is 1. The van der Waals surface area contributed by atoms with E-state index in [-0.39, 0.29) is 24.3 Å². The van der Waals surface area contributed by atoms with E-state index in [0.29, 0.717) is 38.8 Å². The molecule has 2 aromatic carbocycles. The van der Waals surface area contributed by atoms with Crippen molar-refractivity contribution in [3.8, 4) is 17.2 Å².